The third-order valence-electron chi connectivity index (χ3n) is 6.67. The van der Waals surface area contributed by atoms with Gasteiger partial charge in [0, 0.05) is 25.1 Å². The van der Waals surface area contributed by atoms with Crippen molar-refractivity contribution in [1.82, 2.24) is 15.2 Å². The number of carbonyl (C=O) groups excluding carboxylic acids is 4. The van der Waals surface area contributed by atoms with Crippen molar-refractivity contribution in [3.05, 3.63) is 65.7 Å². The van der Waals surface area contributed by atoms with E-state index in [1.54, 1.807) is 18.2 Å². The molecule has 1 aromatic rings. The standard InChI is InChI=1S/C28H33N3O7/c1-16(2)26-17(3)7-8-24(33)29-10-9-23-18(4)12-20(37-23)13-19(32)14-25-30-21(15-36-25)27(34)31-11-5-6-22(31)28(35)38-26/h6-10,12,15-17,20,23,26H,5,11,13-14H2,1-4H3,(H,29,33)/b8-7+,10-9+/t17-,20-,23?,26-/m1/s1. The molecular weight excluding hydrogens is 490 g/mol. The van der Waals surface area contributed by atoms with Crippen LogP contribution in [0.25, 0.3) is 0 Å². The number of cyclic esters (lactones) is 1. The number of aromatic nitrogens is 1. The highest BCUT2D eigenvalue weighted by molar-refractivity contribution is 6.00. The summed E-state index contributed by atoms with van der Waals surface area (Å²) in [5.74, 6) is -1.82. The number of ketones is 1. The third kappa shape index (κ3) is 6.36. The molecule has 0 aromatic carbocycles. The van der Waals surface area contributed by atoms with Gasteiger partial charge >= 0.3 is 5.97 Å². The highest BCUT2D eigenvalue weighted by Gasteiger charge is 2.34. The second-order valence-corrected chi connectivity index (χ2v) is 10.1. The average molecular weight is 524 g/mol. The molecule has 3 aliphatic rings. The summed E-state index contributed by atoms with van der Waals surface area (Å²) in [5.41, 5.74) is 1.07. The molecule has 0 aliphatic carbocycles. The molecule has 1 unspecified atom stereocenters. The lowest BCUT2D eigenvalue weighted by molar-refractivity contribution is -0.149. The van der Waals surface area contributed by atoms with Gasteiger partial charge in [-0.1, -0.05) is 39.0 Å². The minimum Gasteiger partial charge on any atom is -0.457 e. The molecule has 1 aromatic heterocycles. The number of Topliss-reactive ketones (excluding diaryl/α,β-unsaturated/α-hetero) is 1. The Kier molecular flexibility index (Phi) is 8.41. The lowest BCUT2D eigenvalue weighted by Crippen LogP contribution is -2.36. The van der Waals surface area contributed by atoms with Crippen molar-refractivity contribution in [1.29, 1.82) is 0 Å². The van der Waals surface area contributed by atoms with Crippen molar-refractivity contribution in [2.45, 2.75) is 65.3 Å². The number of hydrogen-bond donors (Lipinski definition) is 1. The largest absolute Gasteiger partial charge is 0.457 e. The molecule has 0 radical (unpaired) electrons. The molecule has 4 rings (SSSR count). The molecule has 0 saturated heterocycles. The predicted octanol–water partition coefficient (Wildman–Crippen LogP) is 3.02. The number of amides is 2. The van der Waals surface area contributed by atoms with Crippen molar-refractivity contribution in [2.75, 3.05) is 6.54 Å². The van der Waals surface area contributed by atoms with Crippen molar-refractivity contribution in [3.63, 3.8) is 0 Å². The van der Waals surface area contributed by atoms with E-state index in [0.717, 1.165) is 5.57 Å². The molecule has 0 saturated carbocycles. The summed E-state index contributed by atoms with van der Waals surface area (Å²) in [6.07, 6.45) is 10.2. The molecule has 38 heavy (non-hydrogen) atoms. The summed E-state index contributed by atoms with van der Waals surface area (Å²) >= 11 is 0. The first-order valence-corrected chi connectivity index (χ1v) is 12.8. The summed E-state index contributed by atoms with van der Waals surface area (Å²) < 4.78 is 17.1. The monoisotopic (exact) mass is 523 g/mol. The van der Waals surface area contributed by atoms with Gasteiger partial charge in [-0.3, -0.25) is 14.4 Å². The summed E-state index contributed by atoms with van der Waals surface area (Å²) in [7, 11) is 0. The van der Waals surface area contributed by atoms with Crippen LogP contribution in [-0.4, -0.2) is 58.3 Å². The van der Waals surface area contributed by atoms with Gasteiger partial charge in [-0.2, -0.15) is 0 Å². The Labute approximate surface area is 221 Å². The first-order valence-electron chi connectivity index (χ1n) is 12.8. The average Bonchev–Trinajstić information content (AvgIpc) is 3.60. The van der Waals surface area contributed by atoms with Gasteiger partial charge in [-0.05, 0) is 37.0 Å². The van der Waals surface area contributed by atoms with Gasteiger partial charge in [0.1, 0.15) is 23.8 Å². The number of oxazole rings is 1. The third-order valence-corrected chi connectivity index (χ3v) is 6.67. The first-order chi connectivity index (χ1) is 18.1. The zero-order valence-electron chi connectivity index (χ0n) is 22.0. The van der Waals surface area contributed by atoms with Crippen molar-refractivity contribution < 1.29 is 33.1 Å². The van der Waals surface area contributed by atoms with E-state index in [4.69, 9.17) is 13.9 Å². The van der Waals surface area contributed by atoms with Crippen LogP contribution in [0.1, 0.15) is 56.9 Å². The zero-order valence-corrected chi connectivity index (χ0v) is 22.0. The molecule has 0 spiro atoms. The number of carbonyl (C=O) groups is 4. The number of fused-ring (bicyclic) bond motifs is 5. The second kappa shape index (κ2) is 11.7. The lowest BCUT2D eigenvalue weighted by atomic mass is 9.94. The van der Waals surface area contributed by atoms with Crippen LogP contribution >= 0.6 is 0 Å². The van der Waals surface area contributed by atoms with Crippen LogP contribution in [0, 0.1) is 11.8 Å². The van der Waals surface area contributed by atoms with Crippen LogP contribution in [0.5, 0.6) is 0 Å². The zero-order chi connectivity index (χ0) is 27.4. The Morgan fingerprint density at radius 3 is 2.71 bits per heavy atom. The van der Waals surface area contributed by atoms with E-state index in [-0.39, 0.29) is 59.8 Å². The maximum Gasteiger partial charge on any atom is 0.355 e. The quantitative estimate of drug-likeness (QED) is 0.440. The van der Waals surface area contributed by atoms with Gasteiger partial charge in [0.05, 0.1) is 18.6 Å². The molecule has 10 nitrogen and oxygen atoms in total. The number of hydrogen-bond acceptors (Lipinski definition) is 8. The molecule has 10 heteroatoms. The predicted molar refractivity (Wildman–Crippen MR) is 136 cm³/mol. The summed E-state index contributed by atoms with van der Waals surface area (Å²) in [5, 5.41) is 2.68. The molecule has 0 fully saturated rings. The van der Waals surface area contributed by atoms with E-state index in [1.807, 2.05) is 33.8 Å². The smallest absolute Gasteiger partial charge is 0.355 e. The van der Waals surface area contributed by atoms with Crippen LogP contribution in [0.3, 0.4) is 0 Å². The van der Waals surface area contributed by atoms with Crippen molar-refractivity contribution in [3.8, 4) is 0 Å². The molecular formula is C28H33N3O7. The second-order valence-electron chi connectivity index (χ2n) is 10.1. The molecule has 2 amide bonds. The van der Waals surface area contributed by atoms with Crippen LogP contribution in [0.15, 0.2) is 58.5 Å². The fourth-order valence-corrected chi connectivity index (χ4v) is 4.74. The van der Waals surface area contributed by atoms with Crippen molar-refractivity contribution in [2.24, 2.45) is 11.8 Å². The fraction of sp³-hybridized carbons (Fsp3) is 0.464. The topological polar surface area (TPSA) is 128 Å². The SMILES string of the molecule is CC1=C[C@@H]2CC(=O)Cc3nc(co3)C(=O)N3CCC=C3C(=O)O[C@H](C(C)C)[C@H](C)/C=C/C(=O)N/C=C/C1O2. The minimum absolute atomic E-state index is 0.0105. The molecule has 4 heterocycles. The van der Waals surface area contributed by atoms with E-state index >= 15 is 0 Å². The van der Waals surface area contributed by atoms with Gasteiger partial charge in [0.2, 0.25) is 11.8 Å². The molecule has 4 atom stereocenters. The van der Waals surface area contributed by atoms with E-state index < -0.39 is 24.1 Å². The van der Waals surface area contributed by atoms with Gasteiger partial charge in [-0.25, -0.2) is 9.78 Å². The van der Waals surface area contributed by atoms with Gasteiger partial charge in [0.15, 0.2) is 5.69 Å². The Morgan fingerprint density at radius 2 is 1.95 bits per heavy atom. The maximum absolute atomic E-state index is 13.2. The maximum atomic E-state index is 13.2. The number of nitrogens with zero attached hydrogens (tertiary/aromatic N) is 2. The van der Waals surface area contributed by atoms with Gasteiger partial charge in [0.25, 0.3) is 5.91 Å². The molecule has 202 valence electrons. The molecule has 3 aliphatic heterocycles. The fourth-order valence-electron chi connectivity index (χ4n) is 4.74. The van der Waals surface area contributed by atoms with E-state index in [9.17, 15) is 19.2 Å². The Balaban J connectivity index is 1.59. The molecule has 1 N–H and O–H groups in total. The number of esters is 1. The van der Waals surface area contributed by atoms with Crippen LogP contribution in [-0.2, 0) is 30.3 Å². The summed E-state index contributed by atoms with van der Waals surface area (Å²) in [4.78, 5) is 56.8. The van der Waals surface area contributed by atoms with Crippen LogP contribution in [0.2, 0.25) is 0 Å². The van der Waals surface area contributed by atoms with E-state index in [0.29, 0.717) is 13.0 Å². The van der Waals surface area contributed by atoms with E-state index in [2.05, 4.69) is 10.3 Å². The summed E-state index contributed by atoms with van der Waals surface area (Å²) in [6.45, 7) is 7.89. The first kappa shape index (κ1) is 27.3. The summed E-state index contributed by atoms with van der Waals surface area (Å²) in [6, 6.07) is 0. The van der Waals surface area contributed by atoms with Crippen molar-refractivity contribution >= 4 is 23.6 Å². The number of nitrogens with one attached hydrogen (secondary N) is 1. The Hall–Kier alpha value is -3.79. The Bertz CT molecular complexity index is 1220. The lowest BCUT2D eigenvalue weighted by Gasteiger charge is -2.27. The highest BCUT2D eigenvalue weighted by Crippen LogP contribution is 2.25. The normalized spacial score (nSPS) is 29.0. The van der Waals surface area contributed by atoms with Crippen LogP contribution in [0.4, 0.5) is 0 Å². The van der Waals surface area contributed by atoms with Gasteiger partial charge < -0.3 is 24.1 Å². The number of rotatable bonds is 1. The Morgan fingerprint density at radius 1 is 1.16 bits per heavy atom. The van der Waals surface area contributed by atoms with E-state index in [1.165, 1.54) is 23.4 Å². The van der Waals surface area contributed by atoms with Crippen LogP contribution < -0.4 is 5.32 Å². The number of ether oxygens (including phenoxy) is 2. The highest BCUT2D eigenvalue weighted by atomic mass is 16.5. The van der Waals surface area contributed by atoms with Gasteiger partial charge in [-0.15, -0.1) is 0 Å². The minimum atomic E-state index is -0.624. The molecule has 4 bridgehead atoms.